The largest absolute Gasteiger partial charge is 0.396 e. The minimum absolute atomic E-state index is 0.321. The second kappa shape index (κ2) is 16.8. The van der Waals surface area contributed by atoms with Gasteiger partial charge in [-0.3, -0.25) is 0 Å². The number of rotatable bonds is 10. The van der Waals surface area contributed by atoms with Crippen molar-refractivity contribution in [2.45, 2.75) is 71.1 Å². The third kappa shape index (κ3) is 16.8. The average Bonchev–Trinajstić information content (AvgIpc) is 2.43. The van der Waals surface area contributed by atoms with Gasteiger partial charge < -0.3 is 5.11 Å². The number of hydrogen-bond acceptors (Lipinski definition) is 1. The molecule has 106 valence electrons. The Balaban J connectivity index is 3.38. The van der Waals surface area contributed by atoms with Gasteiger partial charge in [0.15, 0.2) is 0 Å². The lowest BCUT2D eigenvalue weighted by Crippen LogP contribution is -1.83. The molecule has 0 atom stereocenters. The van der Waals surface area contributed by atoms with Gasteiger partial charge in [0.05, 0.1) is 0 Å². The predicted molar refractivity (Wildman–Crippen MR) is 83.6 cm³/mol. The van der Waals surface area contributed by atoms with E-state index in [9.17, 15) is 0 Å². The van der Waals surface area contributed by atoms with E-state index in [2.05, 4.69) is 36.7 Å². The Labute approximate surface area is 119 Å². The van der Waals surface area contributed by atoms with E-state index < -0.39 is 0 Å². The molecule has 0 saturated carbocycles. The zero-order valence-corrected chi connectivity index (χ0v) is 12.4. The molecule has 0 heterocycles. The maximum atomic E-state index is 8.63. The fourth-order valence-electron chi connectivity index (χ4n) is 1.69. The fraction of sp³-hybridized carbons (Fsp3) is 0.667. The van der Waals surface area contributed by atoms with Crippen LogP contribution in [0.25, 0.3) is 0 Å². The highest BCUT2D eigenvalue weighted by Gasteiger charge is 1.87. The summed E-state index contributed by atoms with van der Waals surface area (Å²) in [5.41, 5.74) is 0. The normalized spacial score (nSPS) is 9.79. The molecule has 0 amide bonds. The average molecular weight is 260 g/mol. The lowest BCUT2D eigenvalue weighted by atomic mass is 10.1. The number of allylic oxidation sites excluding steroid dienone is 2. The van der Waals surface area contributed by atoms with Crippen LogP contribution in [0.15, 0.2) is 12.2 Å². The number of aliphatic hydroxyl groups excluding tert-OH is 1. The quantitative estimate of drug-likeness (QED) is 0.454. The summed E-state index contributed by atoms with van der Waals surface area (Å²) in [5, 5.41) is 8.63. The summed E-state index contributed by atoms with van der Waals surface area (Å²) < 4.78 is 0. The first kappa shape index (κ1) is 17.8. The monoisotopic (exact) mass is 260 g/mol. The van der Waals surface area contributed by atoms with E-state index in [1.54, 1.807) is 0 Å². The van der Waals surface area contributed by atoms with Crippen LogP contribution in [0.3, 0.4) is 0 Å². The van der Waals surface area contributed by atoms with Crippen molar-refractivity contribution < 1.29 is 5.11 Å². The lowest BCUT2D eigenvalue weighted by molar-refractivity contribution is 0.282. The van der Waals surface area contributed by atoms with Crippen LogP contribution in [-0.4, -0.2) is 11.7 Å². The molecule has 0 aromatic heterocycles. The molecule has 0 aliphatic heterocycles. The molecular weight excluding hydrogens is 232 g/mol. The number of unbranched alkanes of at least 4 members (excludes halogenated alkanes) is 8. The summed E-state index contributed by atoms with van der Waals surface area (Å²) in [6.07, 6.45) is 15.6. The topological polar surface area (TPSA) is 20.2 Å². The Kier molecular flexibility index (Phi) is 15.8. The molecule has 0 unspecified atom stereocenters. The van der Waals surface area contributed by atoms with Crippen LogP contribution < -0.4 is 0 Å². The summed E-state index contributed by atoms with van der Waals surface area (Å²) in [6, 6.07) is 0. The minimum Gasteiger partial charge on any atom is -0.396 e. The molecule has 1 N–H and O–H groups in total. The highest BCUT2D eigenvalue weighted by molar-refractivity contribution is 5.30. The van der Waals surface area contributed by atoms with Gasteiger partial charge in [-0.05, 0) is 43.6 Å². The molecular formula is C18H28O. The minimum atomic E-state index is 0.321. The van der Waals surface area contributed by atoms with E-state index in [1.807, 2.05) is 6.08 Å². The molecule has 0 rings (SSSR count). The van der Waals surface area contributed by atoms with Crippen molar-refractivity contribution in [1.82, 2.24) is 0 Å². The third-order valence-corrected chi connectivity index (χ3v) is 2.86. The van der Waals surface area contributed by atoms with Gasteiger partial charge in [0.25, 0.3) is 0 Å². The van der Waals surface area contributed by atoms with E-state index in [1.165, 1.54) is 32.1 Å². The maximum Gasteiger partial charge on any atom is 0.0431 e. The van der Waals surface area contributed by atoms with E-state index in [-0.39, 0.29) is 0 Å². The molecule has 19 heavy (non-hydrogen) atoms. The van der Waals surface area contributed by atoms with Crippen molar-refractivity contribution in [3.05, 3.63) is 12.2 Å². The summed E-state index contributed by atoms with van der Waals surface area (Å²) in [5.74, 6) is 11.8. The highest BCUT2D eigenvalue weighted by atomic mass is 16.2. The van der Waals surface area contributed by atoms with E-state index in [0.717, 1.165) is 32.1 Å². The molecule has 0 aromatic carbocycles. The third-order valence-electron chi connectivity index (χ3n) is 2.86. The van der Waals surface area contributed by atoms with Crippen LogP contribution in [0.2, 0.25) is 0 Å². The standard InChI is InChI=1S/C18H28O/c1-2-3-4-5-6-7-8-9-10-11-12-13-14-15-16-17-18-19/h6-7,19H,2-5,12-18H2,1H3/b7-6-. The second-order valence-electron chi connectivity index (χ2n) is 4.71. The predicted octanol–water partition coefficient (Wildman–Crippen LogP) is 4.46. The van der Waals surface area contributed by atoms with Crippen LogP contribution in [0.5, 0.6) is 0 Å². The number of hydrogen-bond donors (Lipinski definition) is 1. The van der Waals surface area contributed by atoms with Crippen LogP contribution >= 0.6 is 0 Å². The Morgan fingerprint density at radius 3 is 2.47 bits per heavy atom. The van der Waals surface area contributed by atoms with Crippen molar-refractivity contribution in [2.75, 3.05) is 6.61 Å². The van der Waals surface area contributed by atoms with Crippen molar-refractivity contribution in [2.24, 2.45) is 0 Å². The molecule has 1 heteroatoms. The Morgan fingerprint density at radius 1 is 0.895 bits per heavy atom. The Hall–Kier alpha value is -1.18. The van der Waals surface area contributed by atoms with Crippen LogP contribution in [0.1, 0.15) is 71.1 Å². The summed E-state index contributed by atoms with van der Waals surface area (Å²) >= 11 is 0. The zero-order chi connectivity index (χ0) is 14.0. The SMILES string of the molecule is CCCCC/C=C\C#CC#CCCCCCCCO. The van der Waals surface area contributed by atoms with E-state index >= 15 is 0 Å². The van der Waals surface area contributed by atoms with Crippen molar-refractivity contribution in [1.29, 1.82) is 0 Å². The van der Waals surface area contributed by atoms with Gasteiger partial charge in [0, 0.05) is 13.0 Å². The molecule has 0 saturated heterocycles. The van der Waals surface area contributed by atoms with Crippen LogP contribution in [0.4, 0.5) is 0 Å². The first-order valence-electron chi connectivity index (χ1n) is 7.66. The second-order valence-corrected chi connectivity index (χ2v) is 4.71. The van der Waals surface area contributed by atoms with Crippen LogP contribution in [0, 0.1) is 23.7 Å². The maximum absolute atomic E-state index is 8.63. The fourth-order valence-corrected chi connectivity index (χ4v) is 1.69. The Bertz CT molecular complexity index is 319. The van der Waals surface area contributed by atoms with Gasteiger partial charge in [0.1, 0.15) is 0 Å². The number of aliphatic hydroxyl groups is 1. The van der Waals surface area contributed by atoms with Gasteiger partial charge >= 0.3 is 0 Å². The molecule has 0 radical (unpaired) electrons. The van der Waals surface area contributed by atoms with Gasteiger partial charge in [-0.25, -0.2) is 0 Å². The van der Waals surface area contributed by atoms with Crippen molar-refractivity contribution in [3.63, 3.8) is 0 Å². The highest BCUT2D eigenvalue weighted by Crippen LogP contribution is 2.04. The summed E-state index contributed by atoms with van der Waals surface area (Å²) in [6.45, 7) is 2.53. The molecule has 0 aliphatic rings. The molecule has 0 bridgehead atoms. The molecule has 0 fully saturated rings. The first-order chi connectivity index (χ1) is 9.41. The van der Waals surface area contributed by atoms with Gasteiger partial charge in [0.2, 0.25) is 0 Å². The summed E-state index contributed by atoms with van der Waals surface area (Å²) in [4.78, 5) is 0. The van der Waals surface area contributed by atoms with Gasteiger partial charge in [-0.15, -0.1) is 0 Å². The molecule has 1 nitrogen and oxygen atoms in total. The Morgan fingerprint density at radius 2 is 1.68 bits per heavy atom. The van der Waals surface area contributed by atoms with E-state index in [4.69, 9.17) is 5.11 Å². The molecule has 0 spiro atoms. The van der Waals surface area contributed by atoms with E-state index in [0.29, 0.717) is 6.61 Å². The molecule has 0 aromatic rings. The van der Waals surface area contributed by atoms with Gasteiger partial charge in [-0.1, -0.05) is 56.9 Å². The lowest BCUT2D eigenvalue weighted by Gasteiger charge is -1.95. The summed E-state index contributed by atoms with van der Waals surface area (Å²) in [7, 11) is 0. The zero-order valence-electron chi connectivity index (χ0n) is 12.4. The van der Waals surface area contributed by atoms with Crippen molar-refractivity contribution >= 4 is 0 Å². The smallest absolute Gasteiger partial charge is 0.0431 e. The first-order valence-corrected chi connectivity index (χ1v) is 7.66. The molecule has 0 aliphatic carbocycles. The van der Waals surface area contributed by atoms with Crippen LogP contribution in [-0.2, 0) is 0 Å². The van der Waals surface area contributed by atoms with Gasteiger partial charge in [-0.2, -0.15) is 0 Å². The van der Waals surface area contributed by atoms with Crippen molar-refractivity contribution in [3.8, 4) is 23.7 Å².